The van der Waals surface area contributed by atoms with Gasteiger partial charge in [-0.05, 0) is 36.4 Å². The minimum Gasteiger partial charge on any atom is -0.440 e. The number of furan rings is 1. The van der Waals surface area contributed by atoms with Gasteiger partial charge in [-0.2, -0.15) is 4.31 Å². The molecule has 134 valence electrons. The number of hydrogen-bond donors (Lipinski definition) is 1. The average Bonchev–Trinajstić information content (AvgIpc) is 3.33. The zero-order chi connectivity index (χ0) is 18.3. The van der Waals surface area contributed by atoms with Crippen molar-refractivity contribution in [3.05, 3.63) is 60.2 Å². The van der Waals surface area contributed by atoms with Crippen LogP contribution in [0.5, 0.6) is 0 Å². The molecule has 0 aliphatic carbocycles. The van der Waals surface area contributed by atoms with Crippen LogP contribution in [0.15, 0.2) is 62.7 Å². The summed E-state index contributed by atoms with van der Waals surface area (Å²) in [6.45, 7) is 0.0803. The Morgan fingerprint density at radius 2 is 2.00 bits per heavy atom. The number of hydrogen-bond acceptors (Lipinski definition) is 5. The van der Waals surface area contributed by atoms with Gasteiger partial charge in [0.1, 0.15) is 5.82 Å². The van der Waals surface area contributed by atoms with Crippen LogP contribution < -0.4 is 0 Å². The van der Waals surface area contributed by atoms with E-state index in [1.54, 1.807) is 18.2 Å². The Balaban J connectivity index is 1.58. The molecule has 0 amide bonds. The largest absolute Gasteiger partial charge is 0.440 e. The van der Waals surface area contributed by atoms with Crippen molar-refractivity contribution in [3.63, 3.8) is 0 Å². The molecule has 3 heterocycles. The number of rotatable bonds is 5. The first-order valence-corrected chi connectivity index (χ1v) is 9.12. The smallest absolute Gasteiger partial charge is 0.276 e. The van der Waals surface area contributed by atoms with Crippen molar-refractivity contribution in [2.24, 2.45) is 0 Å². The van der Waals surface area contributed by atoms with E-state index in [2.05, 4.69) is 10.1 Å². The van der Waals surface area contributed by atoms with Gasteiger partial charge in [0.15, 0.2) is 5.76 Å². The van der Waals surface area contributed by atoms with E-state index in [0.717, 1.165) is 9.82 Å². The fraction of sp³-hybridized carbons (Fsp3) is 0.118. The third-order valence-corrected chi connectivity index (χ3v) is 5.64. The van der Waals surface area contributed by atoms with Gasteiger partial charge in [-0.1, -0.05) is 5.16 Å². The number of fused-ring (bicyclic) bond motifs is 1. The van der Waals surface area contributed by atoms with Crippen LogP contribution >= 0.6 is 0 Å². The second kappa shape index (κ2) is 6.11. The topological polar surface area (TPSA) is 92.3 Å². The lowest BCUT2D eigenvalue weighted by molar-refractivity contribution is 0.388. The van der Waals surface area contributed by atoms with Gasteiger partial charge in [0.05, 0.1) is 12.7 Å². The number of sulfonamides is 1. The fourth-order valence-corrected chi connectivity index (χ4v) is 3.71. The fourth-order valence-electron chi connectivity index (χ4n) is 2.66. The van der Waals surface area contributed by atoms with Crippen LogP contribution in [0.3, 0.4) is 0 Å². The molecule has 26 heavy (non-hydrogen) atoms. The summed E-state index contributed by atoms with van der Waals surface area (Å²) >= 11 is 0. The molecule has 0 bridgehead atoms. The van der Waals surface area contributed by atoms with Crippen LogP contribution in [0.4, 0.5) is 4.39 Å². The molecule has 1 aromatic carbocycles. The first kappa shape index (κ1) is 16.6. The number of H-pyrrole nitrogens is 1. The number of aromatic amines is 1. The molecule has 4 aromatic rings. The van der Waals surface area contributed by atoms with Crippen LogP contribution in [-0.2, 0) is 16.6 Å². The molecule has 7 nitrogen and oxygen atoms in total. The molecule has 4 rings (SSSR count). The summed E-state index contributed by atoms with van der Waals surface area (Å²) in [5.74, 6) is 0.266. The Labute approximate surface area is 148 Å². The molecule has 9 heteroatoms. The van der Waals surface area contributed by atoms with E-state index >= 15 is 0 Å². The van der Waals surface area contributed by atoms with Gasteiger partial charge in [-0.25, -0.2) is 12.8 Å². The number of benzene rings is 1. The quantitative estimate of drug-likeness (QED) is 0.577. The summed E-state index contributed by atoms with van der Waals surface area (Å²) in [7, 11) is -2.40. The van der Waals surface area contributed by atoms with Crippen LogP contribution in [-0.4, -0.2) is 29.9 Å². The lowest BCUT2D eigenvalue weighted by Gasteiger charge is -2.14. The molecule has 0 radical (unpaired) electrons. The highest BCUT2D eigenvalue weighted by Crippen LogP contribution is 2.26. The Morgan fingerprint density at radius 1 is 1.15 bits per heavy atom. The molecule has 1 N–H and O–H groups in total. The highest BCUT2D eigenvalue weighted by molar-refractivity contribution is 7.88. The van der Waals surface area contributed by atoms with Gasteiger partial charge < -0.3 is 13.9 Å². The van der Waals surface area contributed by atoms with Crippen molar-refractivity contribution in [1.29, 1.82) is 0 Å². The van der Waals surface area contributed by atoms with E-state index in [1.165, 1.54) is 37.5 Å². The highest BCUT2D eigenvalue weighted by Gasteiger charge is 2.26. The van der Waals surface area contributed by atoms with Gasteiger partial charge >= 0.3 is 0 Å². The maximum Gasteiger partial charge on any atom is 0.276 e. The molecule has 0 atom stereocenters. The van der Waals surface area contributed by atoms with Crippen molar-refractivity contribution in [1.82, 2.24) is 14.4 Å². The van der Waals surface area contributed by atoms with Gasteiger partial charge in [-0.15, -0.1) is 0 Å². The van der Waals surface area contributed by atoms with Crippen molar-refractivity contribution in [2.75, 3.05) is 7.05 Å². The summed E-state index contributed by atoms with van der Waals surface area (Å²) in [6, 6.07) is 10.5. The summed E-state index contributed by atoms with van der Waals surface area (Å²) in [4.78, 5) is 3.08. The van der Waals surface area contributed by atoms with E-state index in [4.69, 9.17) is 8.94 Å². The molecule has 0 saturated heterocycles. The van der Waals surface area contributed by atoms with Gasteiger partial charge in [0.2, 0.25) is 10.9 Å². The first-order valence-electron chi connectivity index (χ1n) is 7.68. The second-order valence-corrected chi connectivity index (χ2v) is 7.76. The maximum atomic E-state index is 13.3. The molecule has 0 aliphatic heterocycles. The molecule has 0 saturated carbocycles. The van der Waals surface area contributed by atoms with Crippen molar-refractivity contribution >= 4 is 20.9 Å². The SMILES string of the molecule is CN(Cc1cc2cc(F)ccc2[nH]1)S(=O)(=O)c1ccc(-c2ccno2)o1. The minimum atomic E-state index is -3.84. The predicted molar refractivity (Wildman–Crippen MR) is 91.1 cm³/mol. The number of nitrogens with zero attached hydrogens (tertiary/aromatic N) is 2. The van der Waals surface area contributed by atoms with Crippen LogP contribution in [0.2, 0.25) is 0 Å². The lowest BCUT2D eigenvalue weighted by Crippen LogP contribution is -2.26. The monoisotopic (exact) mass is 375 g/mol. The van der Waals surface area contributed by atoms with Crippen molar-refractivity contribution < 1.29 is 21.7 Å². The molecule has 0 spiro atoms. The zero-order valence-corrected chi connectivity index (χ0v) is 14.5. The predicted octanol–water partition coefficient (Wildman–Crippen LogP) is 3.38. The maximum absolute atomic E-state index is 13.3. The van der Waals surface area contributed by atoms with Crippen LogP contribution in [0.25, 0.3) is 22.4 Å². The first-order chi connectivity index (χ1) is 12.4. The third kappa shape index (κ3) is 2.91. The van der Waals surface area contributed by atoms with E-state index < -0.39 is 10.0 Å². The van der Waals surface area contributed by atoms with Crippen LogP contribution in [0, 0.1) is 5.82 Å². The van der Waals surface area contributed by atoms with Crippen molar-refractivity contribution in [3.8, 4) is 11.5 Å². The van der Waals surface area contributed by atoms with Crippen LogP contribution in [0.1, 0.15) is 5.69 Å². The Hall–Kier alpha value is -2.91. The number of aromatic nitrogens is 2. The number of nitrogens with one attached hydrogen (secondary N) is 1. The standard InChI is InChI=1S/C17H14FN3O4S/c1-21(10-13-9-11-8-12(18)2-3-14(11)20-13)26(22,23)17-5-4-15(24-17)16-6-7-19-25-16/h2-9,20H,10H2,1H3. The lowest BCUT2D eigenvalue weighted by atomic mass is 10.2. The van der Waals surface area contributed by atoms with Gasteiger partial charge in [0, 0.05) is 29.7 Å². The van der Waals surface area contributed by atoms with Gasteiger partial charge in [0.25, 0.3) is 10.0 Å². The Bertz CT molecular complexity index is 1160. The molecular weight excluding hydrogens is 361 g/mol. The molecule has 3 aromatic heterocycles. The van der Waals surface area contributed by atoms with Gasteiger partial charge in [-0.3, -0.25) is 0 Å². The average molecular weight is 375 g/mol. The molecule has 0 unspecified atom stereocenters. The zero-order valence-electron chi connectivity index (χ0n) is 13.6. The highest BCUT2D eigenvalue weighted by atomic mass is 32.2. The number of halogens is 1. The van der Waals surface area contributed by atoms with E-state index in [0.29, 0.717) is 16.8 Å². The molecular formula is C17H14FN3O4S. The van der Waals surface area contributed by atoms with E-state index in [1.807, 2.05) is 0 Å². The summed E-state index contributed by atoms with van der Waals surface area (Å²) in [5, 5.41) is 4.04. The van der Waals surface area contributed by atoms with E-state index in [9.17, 15) is 12.8 Å². The minimum absolute atomic E-state index is 0.0803. The Morgan fingerprint density at radius 3 is 2.77 bits per heavy atom. The summed E-state index contributed by atoms with van der Waals surface area (Å²) < 4.78 is 50.2. The summed E-state index contributed by atoms with van der Waals surface area (Å²) in [6.07, 6.45) is 1.44. The molecule has 0 fully saturated rings. The molecule has 0 aliphatic rings. The summed E-state index contributed by atoms with van der Waals surface area (Å²) in [5.41, 5.74) is 1.37. The normalized spacial score (nSPS) is 12.3. The second-order valence-electron chi connectivity index (χ2n) is 5.78. The van der Waals surface area contributed by atoms with Crippen molar-refractivity contribution in [2.45, 2.75) is 11.6 Å². The third-order valence-electron chi connectivity index (χ3n) is 3.96. The van der Waals surface area contributed by atoms with E-state index in [-0.39, 0.29) is 23.2 Å². The Kier molecular flexibility index (Phi) is 3.89.